The summed E-state index contributed by atoms with van der Waals surface area (Å²) in [5.74, 6) is 0.304. The molecule has 2 aromatic carbocycles. The highest BCUT2D eigenvalue weighted by molar-refractivity contribution is 5.72. The summed E-state index contributed by atoms with van der Waals surface area (Å²) in [6.07, 6.45) is 2.89. The summed E-state index contributed by atoms with van der Waals surface area (Å²) in [6, 6.07) is 16.4. The van der Waals surface area contributed by atoms with E-state index < -0.39 is 0 Å². The Morgan fingerprint density at radius 2 is 1.71 bits per heavy atom. The van der Waals surface area contributed by atoms with Crippen LogP contribution in [-0.2, 0) is 6.42 Å². The summed E-state index contributed by atoms with van der Waals surface area (Å²) in [6.45, 7) is 6.28. The molecular formula is C21H24N2O. The molecule has 3 heteroatoms. The van der Waals surface area contributed by atoms with E-state index in [-0.39, 0.29) is 0 Å². The number of nitrogens with zero attached hydrogens (tertiary/aromatic N) is 2. The molecule has 0 bridgehead atoms. The van der Waals surface area contributed by atoms with Crippen LogP contribution < -0.4 is 0 Å². The van der Waals surface area contributed by atoms with Gasteiger partial charge in [-0.2, -0.15) is 5.10 Å². The fraction of sp³-hybridized carbons (Fsp3) is 0.286. The van der Waals surface area contributed by atoms with E-state index in [1.165, 1.54) is 5.56 Å². The van der Waals surface area contributed by atoms with Gasteiger partial charge in [0.1, 0.15) is 11.4 Å². The quantitative estimate of drug-likeness (QED) is 0.701. The van der Waals surface area contributed by atoms with Gasteiger partial charge >= 0.3 is 0 Å². The number of rotatable bonds is 5. The summed E-state index contributed by atoms with van der Waals surface area (Å²) in [4.78, 5) is 0. The molecule has 0 fully saturated rings. The predicted molar refractivity (Wildman–Crippen MR) is 98.8 cm³/mol. The van der Waals surface area contributed by atoms with E-state index in [9.17, 15) is 5.11 Å². The third kappa shape index (κ3) is 3.07. The smallest absolute Gasteiger partial charge is 0.165 e. The molecule has 0 atom stereocenters. The Hall–Kier alpha value is -2.55. The summed E-state index contributed by atoms with van der Waals surface area (Å²) in [7, 11) is 0. The molecule has 0 aliphatic heterocycles. The highest BCUT2D eigenvalue weighted by atomic mass is 16.3. The van der Waals surface area contributed by atoms with Gasteiger partial charge in [0, 0.05) is 5.56 Å². The van der Waals surface area contributed by atoms with Crippen molar-refractivity contribution in [3.05, 3.63) is 65.4 Å². The zero-order valence-electron chi connectivity index (χ0n) is 14.6. The Balaban J connectivity index is 2.19. The second kappa shape index (κ2) is 6.91. The molecule has 3 nitrogen and oxygen atoms in total. The van der Waals surface area contributed by atoms with E-state index in [0.29, 0.717) is 5.75 Å². The van der Waals surface area contributed by atoms with Crippen molar-refractivity contribution in [1.29, 1.82) is 0 Å². The van der Waals surface area contributed by atoms with Crippen LogP contribution in [0.15, 0.2) is 48.5 Å². The third-order valence-corrected chi connectivity index (χ3v) is 4.38. The van der Waals surface area contributed by atoms with Crippen LogP contribution in [0.4, 0.5) is 0 Å². The molecule has 3 rings (SSSR count). The van der Waals surface area contributed by atoms with Crippen LogP contribution in [0.2, 0.25) is 0 Å². The summed E-state index contributed by atoms with van der Waals surface area (Å²) >= 11 is 0. The van der Waals surface area contributed by atoms with Crippen LogP contribution in [0.1, 0.15) is 36.6 Å². The minimum Gasteiger partial charge on any atom is -0.504 e. The van der Waals surface area contributed by atoms with Gasteiger partial charge in [0.2, 0.25) is 0 Å². The van der Waals surface area contributed by atoms with Gasteiger partial charge in [0.05, 0.1) is 5.69 Å². The van der Waals surface area contributed by atoms with Crippen molar-refractivity contribution in [2.45, 2.75) is 40.0 Å². The van der Waals surface area contributed by atoms with Crippen molar-refractivity contribution in [2.75, 3.05) is 0 Å². The van der Waals surface area contributed by atoms with Crippen molar-refractivity contribution in [3.8, 4) is 22.7 Å². The Labute approximate surface area is 143 Å². The normalized spacial score (nSPS) is 11.0. The highest BCUT2D eigenvalue weighted by Crippen LogP contribution is 2.36. The molecule has 3 aromatic rings. The molecule has 124 valence electrons. The molecule has 0 saturated heterocycles. The topological polar surface area (TPSA) is 38.0 Å². The first-order valence-corrected chi connectivity index (χ1v) is 8.55. The fourth-order valence-electron chi connectivity index (χ4n) is 2.92. The molecule has 0 aliphatic carbocycles. The highest BCUT2D eigenvalue weighted by Gasteiger charge is 2.20. The summed E-state index contributed by atoms with van der Waals surface area (Å²) in [5.41, 5.74) is 5.88. The van der Waals surface area contributed by atoms with Crippen LogP contribution in [0.3, 0.4) is 0 Å². The maximum atomic E-state index is 10.8. The number of aryl methyl sites for hydroxylation is 3. The molecule has 0 unspecified atom stereocenters. The van der Waals surface area contributed by atoms with Crippen LogP contribution in [0.25, 0.3) is 16.9 Å². The van der Waals surface area contributed by atoms with Crippen molar-refractivity contribution >= 4 is 0 Å². The van der Waals surface area contributed by atoms with Crippen molar-refractivity contribution < 1.29 is 5.11 Å². The van der Waals surface area contributed by atoms with Crippen LogP contribution in [0, 0.1) is 13.8 Å². The number of unbranched alkanes of at least 4 members (excludes halogenated alkanes) is 1. The number of hydrogen-bond acceptors (Lipinski definition) is 2. The number of aromatic hydroxyl groups is 1. The van der Waals surface area contributed by atoms with E-state index in [1.807, 2.05) is 35.0 Å². The second-order valence-electron chi connectivity index (χ2n) is 6.31. The second-order valence-corrected chi connectivity index (χ2v) is 6.31. The van der Waals surface area contributed by atoms with Gasteiger partial charge in [0.15, 0.2) is 5.75 Å². The van der Waals surface area contributed by atoms with Crippen LogP contribution >= 0.6 is 0 Å². The number of aromatic nitrogens is 2. The largest absolute Gasteiger partial charge is 0.504 e. The lowest BCUT2D eigenvalue weighted by molar-refractivity contribution is 0.468. The van der Waals surface area contributed by atoms with E-state index in [2.05, 4.69) is 39.0 Å². The van der Waals surface area contributed by atoms with E-state index in [4.69, 9.17) is 5.10 Å². The maximum Gasteiger partial charge on any atom is 0.165 e. The molecule has 0 amide bonds. The zero-order chi connectivity index (χ0) is 17.1. The van der Waals surface area contributed by atoms with Crippen LogP contribution in [0.5, 0.6) is 5.75 Å². The van der Waals surface area contributed by atoms with Gasteiger partial charge in [-0.05, 0) is 44.4 Å². The minimum absolute atomic E-state index is 0.304. The van der Waals surface area contributed by atoms with E-state index in [1.54, 1.807) is 0 Å². The van der Waals surface area contributed by atoms with Crippen LogP contribution in [-0.4, -0.2) is 14.9 Å². The minimum atomic E-state index is 0.304. The lowest BCUT2D eigenvalue weighted by Crippen LogP contribution is -2.00. The van der Waals surface area contributed by atoms with Crippen molar-refractivity contribution in [3.63, 3.8) is 0 Å². The van der Waals surface area contributed by atoms with E-state index in [0.717, 1.165) is 47.5 Å². The Kier molecular flexibility index (Phi) is 4.70. The molecule has 0 saturated carbocycles. The molecule has 0 aliphatic rings. The van der Waals surface area contributed by atoms with Gasteiger partial charge in [-0.1, -0.05) is 55.3 Å². The summed E-state index contributed by atoms with van der Waals surface area (Å²) in [5, 5.41) is 15.6. The van der Waals surface area contributed by atoms with Gasteiger partial charge < -0.3 is 5.11 Å². The number of benzene rings is 2. The first kappa shape index (κ1) is 16.3. The monoisotopic (exact) mass is 320 g/mol. The average molecular weight is 320 g/mol. The average Bonchev–Trinajstić information content (AvgIpc) is 2.91. The lowest BCUT2D eigenvalue weighted by atomic mass is 10.0. The van der Waals surface area contributed by atoms with Crippen molar-refractivity contribution in [2.24, 2.45) is 0 Å². The molecule has 0 radical (unpaired) electrons. The Morgan fingerprint density at radius 1 is 1.00 bits per heavy atom. The lowest BCUT2D eigenvalue weighted by Gasteiger charge is -2.10. The molecule has 1 aromatic heterocycles. The zero-order valence-corrected chi connectivity index (χ0v) is 14.6. The van der Waals surface area contributed by atoms with E-state index >= 15 is 0 Å². The predicted octanol–water partition coefficient (Wildman–Crippen LogP) is 5.20. The SMILES string of the molecule is CCCCc1nn(-c2ccc(C)cc2)c(-c2ccccc2C)c1O. The van der Waals surface area contributed by atoms with Crippen molar-refractivity contribution in [1.82, 2.24) is 9.78 Å². The standard InChI is InChI=1S/C21H24N2O/c1-4-5-10-19-21(24)20(18-9-7-6-8-16(18)3)23(22-19)17-13-11-15(2)12-14-17/h6-9,11-14,24H,4-5,10H2,1-3H3. The van der Waals surface area contributed by atoms with Gasteiger partial charge in [-0.25, -0.2) is 4.68 Å². The molecular weight excluding hydrogens is 296 g/mol. The van der Waals surface area contributed by atoms with Gasteiger partial charge in [0.25, 0.3) is 0 Å². The molecule has 1 heterocycles. The summed E-state index contributed by atoms with van der Waals surface area (Å²) < 4.78 is 1.88. The third-order valence-electron chi connectivity index (χ3n) is 4.38. The Morgan fingerprint density at radius 3 is 2.38 bits per heavy atom. The first-order chi connectivity index (χ1) is 11.6. The van der Waals surface area contributed by atoms with Gasteiger partial charge in [-0.15, -0.1) is 0 Å². The van der Waals surface area contributed by atoms with Gasteiger partial charge in [-0.3, -0.25) is 0 Å². The maximum absolute atomic E-state index is 10.8. The Bertz CT molecular complexity index is 832. The fourth-order valence-corrected chi connectivity index (χ4v) is 2.92. The number of hydrogen-bond donors (Lipinski definition) is 1. The first-order valence-electron chi connectivity index (χ1n) is 8.55. The molecule has 24 heavy (non-hydrogen) atoms. The molecule has 1 N–H and O–H groups in total. The molecule has 0 spiro atoms.